The van der Waals surface area contributed by atoms with Crippen LogP contribution in [-0.4, -0.2) is 60.9 Å². The molecule has 0 aromatic heterocycles. The Morgan fingerprint density at radius 3 is 1.82 bits per heavy atom. The first kappa shape index (κ1) is 30.9. The van der Waals surface area contributed by atoms with Crippen LogP contribution in [0.2, 0.25) is 0 Å². The highest BCUT2D eigenvalue weighted by Gasteiger charge is 2.21. The molecule has 0 aromatic carbocycles. The molecule has 0 atom stereocenters. The molecule has 0 radical (unpaired) electrons. The summed E-state index contributed by atoms with van der Waals surface area (Å²) in [5.74, 6) is -0.965. The summed E-state index contributed by atoms with van der Waals surface area (Å²) in [5, 5.41) is 7.55. The molecule has 0 aromatic rings. The zero-order valence-electron chi connectivity index (χ0n) is 21.4. The van der Waals surface area contributed by atoms with Crippen LogP contribution in [0.3, 0.4) is 0 Å². The molecule has 194 valence electrons. The molecule has 3 amide bonds. The van der Waals surface area contributed by atoms with Gasteiger partial charge in [0.05, 0.1) is 6.61 Å². The molecule has 0 heterocycles. The topological polar surface area (TPSA) is 144 Å². The number of aliphatic imine (C=N–C) groups is 1. The van der Waals surface area contributed by atoms with E-state index >= 15 is 0 Å². The van der Waals surface area contributed by atoms with Gasteiger partial charge in [0.2, 0.25) is 11.9 Å². The van der Waals surface area contributed by atoms with Gasteiger partial charge in [-0.3, -0.25) is 20.4 Å². The molecule has 0 aliphatic rings. The lowest BCUT2D eigenvalue weighted by molar-refractivity contribution is -0.137. The molecule has 0 saturated heterocycles. The van der Waals surface area contributed by atoms with Crippen molar-refractivity contribution in [3.8, 4) is 0 Å². The maximum Gasteiger partial charge on any atom is 0.414 e. The SMILES string of the molecule is CCOC(=O)/C=C\C(=O)NCCCCCCN=C(NC(=O)OC(C)(C)C)NC(=O)OC(C)(C)C. The number of unbranched alkanes of at least 4 members (excludes halogenated alkanes) is 3. The summed E-state index contributed by atoms with van der Waals surface area (Å²) in [6, 6.07) is 0. The van der Waals surface area contributed by atoms with E-state index in [2.05, 4.69) is 20.9 Å². The van der Waals surface area contributed by atoms with Crippen molar-refractivity contribution in [3.63, 3.8) is 0 Å². The van der Waals surface area contributed by atoms with Crippen molar-refractivity contribution in [2.75, 3.05) is 19.7 Å². The number of ether oxygens (including phenoxy) is 3. The fourth-order valence-corrected chi connectivity index (χ4v) is 2.30. The Labute approximate surface area is 202 Å². The van der Waals surface area contributed by atoms with Crippen LogP contribution in [0, 0.1) is 0 Å². The molecule has 34 heavy (non-hydrogen) atoms. The van der Waals surface area contributed by atoms with Crippen LogP contribution in [0.1, 0.15) is 74.1 Å². The van der Waals surface area contributed by atoms with Gasteiger partial charge >= 0.3 is 18.2 Å². The molecule has 0 fully saturated rings. The molecular weight excluding hydrogens is 444 g/mol. The highest BCUT2D eigenvalue weighted by atomic mass is 16.6. The predicted octanol–water partition coefficient (Wildman–Crippen LogP) is 3.19. The number of carbonyl (C=O) groups excluding carboxylic acids is 4. The van der Waals surface area contributed by atoms with E-state index in [1.807, 2.05) is 0 Å². The fourth-order valence-electron chi connectivity index (χ4n) is 2.30. The van der Waals surface area contributed by atoms with Gasteiger partial charge in [0.15, 0.2) is 0 Å². The number of rotatable bonds is 10. The minimum atomic E-state index is -0.741. The van der Waals surface area contributed by atoms with E-state index in [-0.39, 0.29) is 18.5 Å². The summed E-state index contributed by atoms with van der Waals surface area (Å²) in [6.07, 6.45) is 3.86. The largest absolute Gasteiger partial charge is 0.463 e. The number of alkyl carbamates (subject to hydrolysis) is 2. The third-order valence-corrected chi connectivity index (χ3v) is 3.55. The van der Waals surface area contributed by atoms with E-state index in [9.17, 15) is 19.2 Å². The Morgan fingerprint density at radius 2 is 1.32 bits per heavy atom. The van der Waals surface area contributed by atoms with Gasteiger partial charge in [-0.2, -0.15) is 0 Å². The highest BCUT2D eigenvalue weighted by molar-refractivity contribution is 6.01. The lowest BCUT2D eigenvalue weighted by Gasteiger charge is -2.22. The van der Waals surface area contributed by atoms with Crippen LogP contribution < -0.4 is 16.0 Å². The molecule has 0 saturated carbocycles. The number of hydrogen-bond acceptors (Lipinski definition) is 8. The van der Waals surface area contributed by atoms with Crippen molar-refractivity contribution in [1.82, 2.24) is 16.0 Å². The number of amides is 3. The average Bonchev–Trinajstić information content (AvgIpc) is 2.65. The quantitative estimate of drug-likeness (QED) is 0.108. The van der Waals surface area contributed by atoms with Crippen molar-refractivity contribution in [2.24, 2.45) is 4.99 Å². The zero-order valence-corrected chi connectivity index (χ0v) is 21.4. The number of nitrogens with zero attached hydrogens (tertiary/aromatic N) is 1. The standard InChI is InChI=1S/C23H40N4O7/c1-8-32-18(29)14-13-17(28)24-15-11-9-10-12-16-25-19(26-20(30)33-22(2,3)4)27-21(31)34-23(5,6)7/h13-14H,8-12,15-16H2,1-7H3,(H,24,28)(H2,25,26,27,30,31)/b14-13-. The first-order valence-electron chi connectivity index (χ1n) is 11.4. The van der Waals surface area contributed by atoms with Crippen LogP contribution in [0.5, 0.6) is 0 Å². The van der Waals surface area contributed by atoms with Gasteiger partial charge in [-0.1, -0.05) is 12.8 Å². The Balaban J connectivity index is 4.45. The summed E-state index contributed by atoms with van der Waals surface area (Å²) >= 11 is 0. The highest BCUT2D eigenvalue weighted by Crippen LogP contribution is 2.08. The van der Waals surface area contributed by atoms with Crippen molar-refractivity contribution >= 4 is 30.0 Å². The number of carbonyl (C=O) groups is 4. The first-order chi connectivity index (χ1) is 15.7. The number of nitrogens with one attached hydrogen (secondary N) is 3. The smallest absolute Gasteiger partial charge is 0.414 e. The minimum Gasteiger partial charge on any atom is -0.463 e. The number of hydrogen-bond donors (Lipinski definition) is 3. The molecule has 0 aliphatic heterocycles. The monoisotopic (exact) mass is 484 g/mol. The van der Waals surface area contributed by atoms with Crippen LogP contribution in [0.15, 0.2) is 17.1 Å². The van der Waals surface area contributed by atoms with E-state index < -0.39 is 29.4 Å². The average molecular weight is 485 g/mol. The van der Waals surface area contributed by atoms with Crippen LogP contribution in [-0.2, 0) is 23.8 Å². The van der Waals surface area contributed by atoms with Crippen molar-refractivity contribution in [2.45, 2.75) is 85.4 Å². The Hall–Kier alpha value is -3.11. The maximum atomic E-state index is 12.0. The van der Waals surface area contributed by atoms with Crippen LogP contribution in [0.4, 0.5) is 9.59 Å². The molecular formula is C23H40N4O7. The van der Waals surface area contributed by atoms with Gasteiger partial charge in [-0.25, -0.2) is 14.4 Å². The normalized spacial score (nSPS) is 11.4. The second-order valence-electron chi connectivity index (χ2n) is 9.27. The van der Waals surface area contributed by atoms with Gasteiger partial charge < -0.3 is 19.5 Å². The van der Waals surface area contributed by atoms with E-state index in [0.29, 0.717) is 19.5 Å². The van der Waals surface area contributed by atoms with Gasteiger partial charge in [-0.05, 0) is 61.3 Å². The predicted molar refractivity (Wildman–Crippen MR) is 128 cm³/mol. The van der Waals surface area contributed by atoms with E-state index in [4.69, 9.17) is 14.2 Å². The molecule has 0 spiro atoms. The summed E-state index contributed by atoms with van der Waals surface area (Å²) in [5.41, 5.74) is -1.41. The van der Waals surface area contributed by atoms with Crippen LogP contribution in [0.25, 0.3) is 0 Å². The second kappa shape index (κ2) is 15.7. The third-order valence-electron chi connectivity index (χ3n) is 3.55. The van der Waals surface area contributed by atoms with Crippen LogP contribution >= 0.6 is 0 Å². The zero-order chi connectivity index (χ0) is 26.2. The van der Waals surface area contributed by atoms with Gasteiger partial charge in [0.1, 0.15) is 11.2 Å². The summed E-state index contributed by atoms with van der Waals surface area (Å²) in [6.45, 7) is 13.1. The summed E-state index contributed by atoms with van der Waals surface area (Å²) in [4.78, 5) is 51.1. The van der Waals surface area contributed by atoms with Crippen molar-refractivity contribution in [3.05, 3.63) is 12.2 Å². The first-order valence-corrected chi connectivity index (χ1v) is 11.4. The van der Waals surface area contributed by atoms with Crippen molar-refractivity contribution in [1.29, 1.82) is 0 Å². The molecule has 0 rings (SSSR count). The maximum absolute atomic E-state index is 12.0. The molecule has 0 aliphatic carbocycles. The molecule has 11 nitrogen and oxygen atoms in total. The molecule has 3 N–H and O–H groups in total. The number of esters is 1. The van der Waals surface area contributed by atoms with E-state index in [1.54, 1.807) is 48.5 Å². The van der Waals surface area contributed by atoms with Crippen molar-refractivity contribution < 1.29 is 33.4 Å². The lowest BCUT2D eigenvalue weighted by atomic mass is 10.2. The van der Waals surface area contributed by atoms with E-state index in [1.165, 1.54) is 0 Å². The van der Waals surface area contributed by atoms with Gasteiger partial charge in [0, 0.05) is 25.2 Å². The molecule has 0 unspecified atom stereocenters. The third kappa shape index (κ3) is 19.6. The molecule has 0 bridgehead atoms. The summed E-state index contributed by atoms with van der Waals surface area (Å²) in [7, 11) is 0. The van der Waals surface area contributed by atoms with Gasteiger partial charge in [-0.15, -0.1) is 0 Å². The van der Waals surface area contributed by atoms with E-state index in [0.717, 1.165) is 31.4 Å². The summed E-state index contributed by atoms with van der Waals surface area (Å²) < 4.78 is 15.1. The minimum absolute atomic E-state index is 0.0517. The molecule has 11 heteroatoms. The second-order valence-corrected chi connectivity index (χ2v) is 9.27. The Bertz CT molecular complexity index is 703. The number of guanidine groups is 1. The Morgan fingerprint density at radius 1 is 0.794 bits per heavy atom. The van der Waals surface area contributed by atoms with Gasteiger partial charge in [0.25, 0.3) is 0 Å². The fraction of sp³-hybridized carbons (Fsp3) is 0.696. The Kier molecular flexibility index (Phi) is 14.2. The lowest BCUT2D eigenvalue weighted by Crippen LogP contribution is -2.47.